The molecule has 0 amide bonds. The Morgan fingerprint density at radius 3 is 0.636 bits per heavy atom. The molecule has 20 rings (SSSR count). The molecule has 0 aliphatic rings. The van der Waals surface area contributed by atoms with Crippen molar-refractivity contribution in [1.82, 2.24) is 96.3 Å². The van der Waals surface area contributed by atoms with Gasteiger partial charge in [0.1, 0.15) is 0 Å². The van der Waals surface area contributed by atoms with Crippen molar-refractivity contribution in [2.75, 3.05) is 0 Å². The summed E-state index contributed by atoms with van der Waals surface area (Å²) in [7, 11) is 15.0. The molecule has 0 atom stereocenters. The van der Waals surface area contributed by atoms with Gasteiger partial charge in [-0.05, 0) is 96.6 Å². The van der Waals surface area contributed by atoms with Crippen molar-refractivity contribution in [3.8, 4) is 135 Å². The van der Waals surface area contributed by atoms with Crippen LogP contribution in [0, 0.1) is 146 Å². The molecule has 716 valence electrons. The standard InChI is InChI=1S/2C16H17N4.2C14H11F2N4.3C11H6F2N.C11H8N.CN.4Ir.3H/c2*1-11-5-12(2)14(16-8-20(4)10-18-16)6-13(11)15-7-19(3)9-17-15;2*1-19-5-13(17-7-19)9-3-10(12(16)4-11(9)15)14-6-20(2)8-18-14;3*12-8-4-5-9(10(13)7-8)11-3-1-2-6-14-11;1-2-6-10(7-3-1)11-8-4-5-9-12-11;1-2;;;;;;;/h2*5,7-10H,1-4H3;2*4-8H,1-2H3;3*1-4,6-7H;1-6,8-9H;;;;;;;;/q9*-1;3*+2;+3;;;. The molecule has 0 unspecified atom stereocenters. The SMILES string of the molecule is Cc1cc(C)c(-c2cn(C)cn2)[c-]c1-c1cn(C)cn1.Cc1cc(C)c(-c2cn(C)cn2)[c-]c1-c1cn(C)cn1.Cn1cnc(-c2[c-]c(-c3cn(C)cn3)c(F)cc2F)c1.Cn1cnc(-c2[c-]c(-c3cn(C)cn3)c(F)cc2F)c1.Fc1c[c-]c(-c2ccccn2)c(F)c1.Fc1c[c-]c(-c2ccccn2)c(F)c1.Fc1c[c-]c(-c2ccccn2)c(F)c1.[C-]#N.[Ir+3].[IrH+2].[IrH+2].[IrH+2].[c-]1ccccc1-c1ccccn1. The van der Waals surface area contributed by atoms with E-state index in [2.05, 4.69) is 148 Å². The number of nitrogens with zero attached hydrogens (tertiary/aromatic N) is 21. The average Bonchev–Trinajstić information content (AvgIpc) is 1.63. The van der Waals surface area contributed by atoms with E-state index in [-0.39, 0.29) is 119 Å². The van der Waals surface area contributed by atoms with Crippen LogP contribution in [0.15, 0.2) is 283 Å². The summed E-state index contributed by atoms with van der Waals surface area (Å²) in [5.74, 6) is -6.63. The fourth-order valence-corrected chi connectivity index (χ4v) is 13.3. The van der Waals surface area contributed by atoms with Crippen LogP contribution in [0.1, 0.15) is 22.3 Å². The largest absolute Gasteiger partial charge is 0.305 e. The maximum absolute atomic E-state index is 13.9. The van der Waals surface area contributed by atoms with Crippen LogP contribution in [0.25, 0.3) is 135 Å². The van der Waals surface area contributed by atoms with E-state index in [0.29, 0.717) is 39.9 Å². The number of benzene rings is 8. The molecule has 12 aromatic heterocycles. The monoisotopic (exact) mass is 2600 g/mol. The first-order valence-corrected chi connectivity index (χ1v) is 41.2. The zero-order valence-corrected chi connectivity index (χ0v) is 86.6. The number of imidazole rings is 8. The van der Waals surface area contributed by atoms with Crippen molar-refractivity contribution in [3.63, 3.8) is 0 Å². The third-order valence-electron chi connectivity index (χ3n) is 19.6. The Kier molecular flexibility index (Phi) is 41.8. The molecule has 0 saturated carbocycles. The van der Waals surface area contributed by atoms with Crippen LogP contribution in [0.5, 0.6) is 0 Å². The number of pyridine rings is 4. The Morgan fingerprint density at radius 2 is 0.443 bits per heavy atom. The Bertz CT molecular complexity index is 6370. The van der Waals surface area contributed by atoms with Gasteiger partial charge in [-0.2, -0.15) is 0 Å². The molecule has 0 fully saturated rings. The first kappa shape index (κ1) is 111. The molecule has 0 aliphatic heterocycles. The van der Waals surface area contributed by atoms with Gasteiger partial charge in [-0.15, -0.1) is 131 Å². The number of aromatic nitrogens is 20. The molecule has 12 heterocycles. The maximum Gasteiger partial charge on any atom is 0.0160 e. The van der Waals surface area contributed by atoms with Gasteiger partial charge in [0.2, 0.25) is 0 Å². The van der Waals surface area contributed by atoms with Gasteiger partial charge in [0.15, 0.2) is 0 Å². The third-order valence-corrected chi connectivity index (χ3v) is 19.6. The number of rotatable bonds is 12. The predicted octanol–water partition coefficient (Wildman–Crippen LogP) is 21.3. The van der Waals surface area contributed by atoms with E-state index in [1.165, 1.54) is 22.3 Å². The first-order chi connectivity index (χ1) is 65.4. The van der Waals surface area contributed by atoms with Gasteiger partial charge in [-0.25, -0.2) is 0 Å². The van der Waals surface area contributed by atoms with Gasteiger partial charge >= 0.3 is 80.4 Å². The van der Waals surface area contributed by atoms with Gasteiger partial charge in [0.05, 0.1) is 73.9 Å². The Balaban J connectivity index is 0.000000196. The van der Waals surface area contributed by atoms with E-state index in [4.69, 9.17) is 11.8 Å². The minimum atomic E-state index is -0.694. The van der Waals surface area contributed by atoms with Gasteiger partial charge in [0.25, 0.3) is 0 Å². The summed E-state index contributed by atoms with van der Waals surface area (Å²) in [5, 5.41) is 6.25. The topological polar surface area (TPSA) is 218 Å². The third kappa shape index (κ3) is 30.0. The minimum Gasteiger partial charge on any atom is -0.305 e. The second-order valence-corrected chi connectivity index (χ2v) is 30.4. The van der Waals surface area contributed by atoms with Crippen molar-refractivity contribution < 1.29 is 124 Å². The van der Waals surface area contributed by atoms with Crippen molar-refractivity contribution >= 4 is 0 Å². The van der Waals surface area contributed by atoms with Crippen LogP contribution in [-0.4, -0.2) is 96.3 Å². The van der Waals surface area contributed by atoms with Gasteiger partial charge in [-0.3, -0.25) is 83.8 Å². The molecule has 0 N–H and O–H groups in total. The summed E-state index contributed by atoms with van der Waals surface area (Å²) < 4.78 is 148. The van der Waals surface area contributed by atoms with Crippen LogP contribution >= 0.6 is 0 Å². The maximum atomic E-state index is 13.9. The Labute approximate surface area is 856 Å². The summed E-state index contributed by atoms with van der Waals surface area (Å²) >= 11 is 0. The summed E-state index contributed by atoms with van der Waals surface area (Å²) in [6.07, 6.45) is 34.5. The molecule has 140 heavy (non-hydrogen) atoms. The summed E-state index contributed by atoms with van der Waals surface area (Å²) in [6, 6.07) is 63.9. The molecule has 0 bridgehead atoms. The summed E-state index contributed by atoms with van der Waals surface area (Å²) in [4.78, 5) is 50.0. The van der Waals surface area contributed by atoms with Crippen LogP contribution in [0.2, 0.25) is 0 Å². The molecule has 0 spiro atoms. The smallest absolute Gasteiger partial charge is 0.0160 e. The van der Waals surface area contributed by atoms with E-state index in [1.807, 2.05) is 139 Å². The van der Waals surface area contributed by atoms with Crippen LogP contribution in [0.4, 0.5) is 43.9 Å². The van der Waals surface area contributed by atoms with E-state index in [0.717, 1.165) is 105 Å². The van der Waals surface area contributed by atoms with Gasteiger partial charge in [0, 0.05) is 162 Å². The number of hydrogen-bond donors (Lipinski definition) is 0. The quantitative estimate of drug-likeness (QED) is 0.0822. The molecule has 21 nitrogen and oxygen atoms in total. The first-order valence-electron chi connectivity index (χ1n) is 41.2. The molecular formula is C105H85F10Ir4N21. The normalized spacial score (nSPS) is 10.2. The molecule has 0 aliphatic carbocycles. The van der Waals surface area contributed by atoms with Crippen molar-refractivity contribution in [2.45, 2.75) is 27.7 Å². The fraction of sp³-hybridized carbons (Fsp3) is 0.114. The van der Waals surface area contributed by atoms with Gasteiger partial charge in [-0.1, -0.05) is 168 Å². The predicted molar refractivity (Wildman–Crippen MR) is 500 cm³/mol. The summed E-state index contributed by atoms with van der Waals surface area (Å²) in [6.45, 7) is 13.1. The molecule has 20 aromatic rings. The van der Waals surface area contributed by atoms with E-state index in [1.54, 1.807) is 176 Å². The van der Waals surface area contributed by atoms with Gasteiger partial charge < -0.3 is 68.3 Å². The average molecular weight is 2600 g/mol. The Morgan fingerprint density at radius 1 is 0.236 bits per heavy atom. The number of aryl methyl sites for hydroxylation is 12. The molecule has 35 heteroatoms. The summed E-state index contributed by atoms with van der Waals surface area (Å²) in [5.41, 5.74) is 18.7. The van der Waals surface area contributed by atoms with Crippen LogP contribution < -0.4 is 0 Å². The second kappa shape index (κ2) is 52.8. The molecule has 0 saturated heterocycles. The molecule has 3 radical (unpaired) electrons. The number of hydrogen-bond acceptors (Lipinski definition) is 13. The van der Waals surface area contributed by atoms with Crippen LogP contribution in [0.3, 0.4) is 0 Å². The van der Waals surface area contributed by atoms with E-state index < -0.39 is 58.2 Å². The van der Waals surface area contributed by atoms with Crippen molar-refractivity contribution in [1.29, 1.82) is 5.26 Å². The van der Waals surface area contributed by atoms with Crippen molar-refractivity contribution in [2.24, 2.45) is 56.4 Å². The molecule has 8 aromatic carbocycles. The number of halogens is 10. The van der Waals surface area contributed by atoms with E-state index >= 15 is 0 Å². The molecular weight excluding hydrogens is 2510 g/mol. The zero-order valence-electron chi connectivity index (χ0n) is 76.6. The fourth-order valence-electron chi connectivity index (χ4n) is 13.3. The minimum absolute atomic E-state index is 0. The Hall–Kier alpha value is -14.6. The zero-order chi connectivity index (χ0) is 97.2. The van der Waals surface area contributed by atoms with Crippen LogP contribution in [-0.2, 0) is 137 Å². The van der Waals surface area contributed by atoms with E-state index in [9.17, 15) is 43.9 Å². The van der Waals surface area contributed by atoms with Crippen molar-refractivity contribution in [3.05, 3.63) is 418 Å². The second-order valence-electron chi connectivity index (χ2n) is 30.4.